The number of aromatic nitrogens is 5. The summed E-state index contributed by atoms with van der Waals surface area (Å²) in [4.78, 5) is 27.6. The fourth-order valence-corrected chi connectivity index (χ4v) is 14.2. The molecule has 6 unspecified atom stereocenters. The number of nitrogens with zero attached hydrogens (tertiary/aromatic N) is 6. The Bertz CT molecular complexity index is 3880. The highest BCUT2D eigenvalue weighted by Gasteiger charge is 2.32. The molecule has 7 aromatic rings. The van der Waals surface area contributed by atoms with Gasteiger partial charge >= 0.3 is 0 Å². The second-order valence-corrected chi connectivity index (χ2v) is 31.9. The van der Waals surface area contributed by atoms with Crippen molar-refractivity contribution in [2.24, 2.45) is 57.2 Å². The van der Waals surface area contributed by atoms with Crippen LogP contribution < -0.4 is 20.0 Å². The number of hydrogen-bond acceptors (Lipinski definition) is 7. The molecule has 88 heavy (non-hydrogen) atoms. The predicted octanol–water partition coefficient (Wildman–Crippen LogP) is 21.1. The van der Waals surface area contributed by atoms with Crippen LogP contribution in [0.2, 0.25) is 20.1 Å². The SMILES string of the molecule is [C-]#[N+]C(=C1CC(c2ccc(OCC(CCC(C)CC(C)(C)C)C(C)CC(C)(C)C)cc2)=c2c1c(-c1ccc(OCC(CCC(C)CC(C)(C)C)C(C)CC(C)(C)C)cc1)[nH]/c2=C(/C#N)c1cnc2cc(Cl)c(Cl)cc2n1)c1cnc2cc(Cl)c(Cl)cc2n1. The lowest BCUT2D eigenvalue weighted by Crippen LogP contribution is -2.28. The zero-order valence-corrected chi connectivity index (χ0v) is 57.9. The van der Waals surface area contributed by atoms with Gasteiger partial charge in [0, 0.05) is 17.0 Å². The summed E-state index contributed by atoms with van der Waals surface area (Å²) >= 11 is 26.1. The van der Waals surface area contributed by atoms with E-state index in [-0.39, 0.29) is 27.2 Å². The van der Waals surface area contributed by atoms with Crippen LogP contribution in [0.25, 0.3) is 60.6 Å². The average molecular weight is 1260 g/mol. The number of hydrogen-bond donors (Lipinski definition) is 1. The van der Waals surface area contributed by atoms with E-state index in [9.17, 15) is 5.26 Å². The summed E-state index contributed by atoms with van der Waals surface area (Å²) < 4.78 is 13.6. The van der Waals surface area contributed by atoms with Crippen LogP contribution in [0.15, 0.2) is 85.2 Å². The summed E-state index contributed by atoms with van der Waals surface area (Å²) in [7, 11) is 0. The van der Waals surface area contributed by atoms with E-state index in [0.29, 0.717) is 131 Å². The maximum Gasteiger partial charge on any atom is 0.218 e. The first-order valence-corrected chi connectivity index (χ1v) is 33.0. The van der Waals surface area contributed by atoms with Gasteiger partial charge in [0.15, 0.2) is 0 Å². The molecule has 0 amide bonds. The molecule has 3 aromatic heterocycles. The smallest absolute Gasteiger partial charge is 0.218 e. The van der Waals surface area contributed by atoms with Gasteiger partial charge in [-0.3, -0.25) is 15.0 Å². The van der Waals surface area contributed by atoms with E-state index < -0.39 is 0 Å². The highest BCUT2D eigenvalue weighted by atomic mass is 35.5. The number of nitriles is 1. The normalized spacial score (nSPS) is 16.1. The van der Waals surface area contributed by atoms with Crippen LogP contribution in [0.1, 0.15) is 191 Å². The lowest BCUT2D eigenvalue weighted by Gasteiger charge is -2.31. The van der Waals surface area contributed by atoms with Gasteiger partial charge in [-0.2, -0.15) is 5.26 Å². The lowest BCUT2D eigenvalue weighted by molar-refractivity contribution is 0.147. The Kier molecular flexibility index (Phi) is 21.7. The van der Waals surface area contributed by atoms with Crippen LogP contribution in [0, 0.1) is 75.1 Å². The van der Waals surface area contributed by atoms with Crippen molar-refractivity contribution in [3.63, 3.8) is 0 Å². The molecule has 1 N–H and O–H groups in total. The van der Waals surface area contributed by atoms with Crippen LogP contribution in [-0.4, -0.2) is 38.1 Å². The Balaban J connectivity index is 1.28. The van der Waals surface area contributed by atoms with E-state index in [1.165, 1.54) is 12.8 Å². The van der Waals surface area contributed by atoms with Crippen molar-refractivity contribution in [2.45, 2.75) is 169 Å². The Hall–Kier alpha value is -5.94. The molecule has 0 radical (unpaired) electrons. The molecule has 0 saturated heterocycles. The van der Waals surface area contributed by atoms with E-state index >= 15 is 0 Å². The first kappa shape index (κ1) is 68.0. The zero-order chi connectivity index (χ0) is 64.2. The van der Waals surface area contributed by atoms with Crippen LogP contribution >= 0.6 is 46.4 Å². The minimum absolute atomic E-state index is 0.189. The quantitative estimate of drug-likeness (QED) is 0.0672. The summed E-state index contributed by atoms with van der Waals surface area (Å²) in [5.41, 5.74) is 9.05. The summed E-state index contributed by atoms with van der Waals surface area (Å²) in [5, 5.41) is 14.1. The summed E-state index contributed by atoms with van der Waals surface area (Å²) in [5.74, 6) is 4.45. The number of rotatable bonds is 22. The van der Waals surface area contributed by atoms with Crippen molar-refractivity contribution >= 4 is 90.9 Å². The molecule has 1 aliphatic carbocycles. The molecule has 13 heteroatoms. The predicted molar refractivity (Wildman–Crippen MR) is 369 cm³/mol. The molecule has 0 aliphatic heterocycles. The molecule has 0 spiro atoms. The number of aromatic amines is 1. The van der Waals surface area contributed by atoms with Crippen LogP contribution in [0.5, 0.6) is 11.5 Å². The highest BCUT2D eigenvalue weighted by molar-refractivity contribution is 6.43. The molecule has 1 aliphatic rings. The second-order valence-electron chi connectivity index (χ2n) is 30.3. The molecular weight excluding hydrogens is 1170 g/mol. The van der Waals surface area contributed by atoms with Crippen molar-refractivity contribution in [3.05, 3.63) is 150 Å². The van der Waals surface area contributed by atoms with Gasteiger partial charge in [0.25, 0.3) is 0 Å². The Morgan fingerprint density at radius 1 is 0.580 bits per heavy atom. The monoisotopic (exact) mass is 1260 g/mol. The first-order chi connectivity index (χ1) is 41.3. The largest absolute Gasteiger partial charge is 0.493 e. The number of allylic oxidation sites excluding steroid dienone is 1. The number of benzene rings is 4. The van der Waals surface area contributed by atoms with E-state index in [1.807, 2.05) is 24.3 Å². The lowest BCUT2D eigenvalue weighted by atomic mass is 9.76. The van der Waals surface area contributed by atoms with Crippen molar-refractivity contribution in [1.29, 1.82) is 5.26 Å². The minimum Gasteiger partial charge on any atom is -0.493 e. The summed E-state index contributed by atoms with van der Waals surface area (Å²) in [6.07, 6.45) is 12.6. The zero-order valence-electron chi connectivity index (χ0n) is 54.8. The van der Waals surface area contributed by atoms with Gasteiger partial charge in [-0.1, -0.05) is 182 Å². The molecule has 0 saturated carbocycles. The third-order valence-electron chi connectivity index (χ3n) is 17.1. The molecule has 4 aromatic carbocycles. The van der Waals surface area contributed by atoms with Gasteiger partial charge in [0.2, 0.25) is 5.70 Å². The second kappa shape index (κ2) is 28.1. The fraction of sp³-hybridized carbons (Fsp3) is 0.493. The molecule has 0 bridgehead atoms. The number of fused-ring (bicyclic) bond motifs is 3. The van der Waals surface area contributed by atoms with Gasteiger partial charge in [-0.05, 0) is 185 Å². The van der Waals surface area contributed by atoms with Crippen LogP contribution in [0.4, 0.5) is 0 Å². The molecule has 8 rings (SSSR count). The number of H-pyrrole nitrogens is 1. The van der Waals surface area contributed by atoms with E-state index in [1.54, 1.807) is 36.7 Å². The molecule has 3 heterocycles. The topological polar surface area (TPSA) is 114 Å². The first-order valence-electron chi connectivity index (χ1n) is 31.5. The fourth-order valence-electron chi connectivity index (χ4n) is 13.6. The van der Waals surface area contributed by atoms with Crippen molar-refractivity contribution < 1.29 is 9.47 Å². The van der Waals surface area contributed by atoms with Crippen LogP contribution in [-0.2, 0) is 0 Å². The van der Waals surface area contributed by atoms with Gasteiger partial charge < -0.3 is 14.5 Å². The molecule has 0 fully saturated rings. The van der Waals surface area contributed by atoms with Crippen molar-refractivity contribution in [3.8, 4) is 28.8 Å². The van der Waals surface area contributed by atoms with Gasteiger partial charge in [-0.25, -0.2) is 9.83 Å². The average Bonchev–Trinajstić information content (AvgIpc) is 1.57. The summed E-state index contributed by atoms with van der Waals surface area (Å²) in [6, 6.07) is 25.6. The van der Waals surface area contributed by atoms with E-state index in [2.05, 4.69) is 151 Å². The Morgan fingerprint density at radius 2 is 0.989 bits per heavy atom. The van der Waals surface area contributed by atoms with Gasteiger partial charge in [0.1, 0.15) is 28.8 Å². The third-order valence-corrected chi connectivity index (χ3v) is 18.6. The van der Waals surface area contributed by atoms with Gasteiger partial charge in [0.05, 0.1) is 84.9 Å². The molecular formula is C75H91Cl4N7O2. The third kappa shape index (κ3) is 17.7. The Labute approximate surface area is 544 Å². The number of ether oxygens (including phenoxy) is 2. The van der Waals surface area contributed by atoms with E-state index in [0.717, 1.165) is 77.5 Å². The maximum absolute atomic E-state index is 11.5. The van der Waals surface area contributed by atoms with Crippen LogP contribution in [0.3, 0.4) is 0 Å². The molecule has 6 atom stereocenters. The van der Waals surface area contributed by atoms with E-state index in [4.69, 9.17) is 82.4 Å². The highest BCUT2D eigenvalue weighted by Crippen LogP contribution is 2.43. The Morgan fingerprint density at radius 3 is 1.41 bits per heavy atom. The number of nitrogens with one attached hydrogen (secondary N) is 1. The van der Waals surface area contributed by atoms with Gasteiger partial charge in [-0.15, -0.1) is 0 Å². The van der Waals surface area contributed by atoms with Crippen molar-refractivity contribution in [2.75, 3.05) is 13.2 Å². The summed E-state index contributed by atoms with van der Waals surface area (Å²) in [6.45, 7) is 47.6. The minimum atomic E-state index is 0.189. The number of halogens is 4. The standard InChI is InChI=1S/C75H91Cl4N7O2/c1-44(35-72(5,6)7)18-20-50(46(3)37-74(11,12)13)42-87-52-26-22-48(23-27-52)54-30-55(70(81-17)66-41-83-62-32-58(77)60(79)34-64(62)85-66)68-67(54)71(56(39-80)65-40-82-61-31-57(76)59(78)33-63(61)84-65)86-69(68)49-24-28-53(29-25-49)88-43-51(47(4)38-75(14,15)16)21-19-45(2)36-73(8,9)10/h22-29,31-34,40-41,44-47,50-51,86H,18-21,30,35-38,42-43H2,1-16H3/b70-55?,71-56-. The molecule has 466 valence electrons. The molecule has 9 nitrogen and oxygen atoms in total. The maximum atomic E-state index is 11.5. The van der Waals surface area contributed by atoms with Crippen molar-refractivity contribution in [1.82, 2.24) is 24.9 Å².